The minimum absolute atomic E-state index is 0.293. The molecule has 1 aromatic carbocycles. The molecule has 0 spiro atoms. The second-order valence-electron chi connectivity index (χ2n) is 8.15. The van der Waals surface area contributed by atoms with E-state index in [9.17, 15) is 9.59 Å². The lowest BCUT2D eigenvalue weighted by Gasteiger charge is -2.35. The summed E-state index contributed by atoms with van der Waals surface area (Å²) in [5.74, 6) is 0.572. The van der Waals surface area contributed by atoms with Crippen LogP contribution in [0.5, 0.6) is 0 Å². The van der Waals surface area contributed by atoms with Gasteiger partial charge in [0.25, 0.3) is 5.91 Å². The molecule has 10 nitrogen and oxygen atoms in total. The molecule has 1 aliphatic heterocycles. The van der Waals surface area contributed by atoms with Crippen LogP contribution in [0.1, 0.15) is 15.9 Å². The average Bonchev–Trinajstić information content (AvgIpc) is 3.29. The molecule has 3 aromatic heterocycles. The van der Waals surface area contributed by atoms with E-state index in [1.165, 1.54) is 17.7 Å². The number of nitrogens with zero attached hydrogens (tertiary/aromatic N) is 6. The van der Waals surface area contributed by atoms with Crippen molar-refractivity contribution in [2.75, 3.05) is 37.6 Å². The largest absolute Gasteiger partial charge is 0.430 e. The zero-order valence-corrected chi connectivity index (χ0v) is 18.6. The maximum absolute atomic E-state index is 12.2. The summed E-state index contributed by atoms with van der Waals surface area (Å²) in [4.78, 5) is 37.0. The highest BCUT2D eigenvalue weighted by atomic mass is 16.4. The van der Waals surface area contributed by atoms with Crippen LogP contribution < -0.4 is 15.8 Å². The van der Waals surface area contributed by atoms with Gasteiger partial charge in [-0.1, -0.05) is 30.3 Å². The lowest BCUT2D eigenvalue weighted by atomic mass is 10.2. The number of piperazine rings is 1. The molecule has 1 N–H and O–H groups in total. The molecule has 0 radical (unpaired) electrons. The highest BCUT2D eigenvalue weighted by molar-refractivity contribution is 5.93. The fourth-order valence-corrected chi connectivity index (χ4v) is 4.12. The molecule has 0 unspecified atom stereocenters. The summed E-state index contributed by atoms with van der Waals surface area (Å²) in [6, 6.07) is 13.2. The topological polar surface area (TPSA) is 109 Å². The van der Waals surface area contributed by atoms with Crippen molar-refractivity contribution in [1.29, 1.82) is 0 Å². The van der Waals surface area contributed by atoms with Crippen molar-refractivity contribution in [3.05, 3.63) is 82.8 Å². The van der Waals surface area contributed by atoms with Gasteiger partial charge in [-0.05, 0) is 11.6 Å². The van der Waals surface area contributed by atoms with Crippen LogP contribution in [0, 0.1) is 0 Å². The third-order valence-corrected chi connectivity index (χ3v) is 5.91. The van der Waals surface area contributed by atoms with Crippen molar-refractivity contribution in [1.82, 2.24) is 30.0 Å². The maximum Gasteiger partial charge on any atom is 0.335 e. The second-order valence-corrected chi connectivity index (χ2v) is 8.15. The van der Waals surface area contributed by atoms with Gasteiger partial charge in [0, 0.05) is 45.3 Å². The monoisotopic (exact) mass is 459 g/mol. The molecule has 1 saturated heterocycles. The molecule has 4 aromatic rings. The van der Waals surface area contributed by atoms with Gasteiger partial charge >= 0.3 is 5.63 Å². The van der Waals surface area contributed by atoms with Crippen molar-refractivity contribution < 1.29 is 9.21 Å². The van der Waals surface area contributed by atoms with E-state index in [4.69, 9.17) is 4.42 Å². The zero-order chi connectivity index (χ0) is 23.3. The van der Waals surface area contributed by atoms with Crippen LogP contribution in [0.2, 0.25) is 0 Å². The van der Waals surface area contributed by atoms with Gasteiger partial charge in [0.2, 0.25) is 0 Å². The Bertz CT molecular complexity index is 1310. The number of benzene rings is 1. The summed E-state index contributed by atoms with van der Waals surface area (Å²) < 4.78 is 6.50. The Labute approximate surface area is 195 Å². The maximum atomic E-state index is 12.2. The van der Waals surface area contributed by atoms with Crippen molar-refractivity contribution in [3.8, 4) is 0 Å². The van der Waals surface area contributed by atoms with Crippen molar-refractivity contribution in [3.63, 3.8) is 0 Å². The number of rotatable bonds is 7. The Morgan fingerprint density at radius 3 is 2.62 bits per heavy atom. The Morgan fingerprint density at radius 1 is 1.03 bits per heavy atom. The van der Waals surface area contributed by atoms with Gasteiger partial charge in [0.15, 0.2) is 5.65 Å². The van der Waals surface area contributed by atoms with Crippen LogP contribution in [-0.2, 0) is 13.1 Å². The lowest BCUT2D eigenvalue weighted by molar-refractivity contribution is 0.0949. The van der Waals surface area contributed by atoms with Crippen molar-refractivity contribution >= 4 is 22.8 Å². The number of hydrogen-bond donors (Lipinski definition) is 1. The number of carbonyl (C=O) groups excluding carboxylic acids is 1. The predicted octanol–water partition coefficient (Wildman–Crippen LogP) is 1.53. The first-order chi connectivity index (χ1) is 16.7. The van der Waals surface area contributed by atoms with Gasteiger partial charge in [-0.3, -0.25) is 9.69 Å². The average molecular weight is 460 g/mol. The van der Waals surface area contributed by atoms with Gasteiger partial charge in [-0.25, -0.2) is 19.4 Å². The molecule has 5 rings (SSSR count). The highest BCUT2D eigenvalue weighted by Crippen LogP contribution is 2.24. The lowest BCUT2D eigenvalue weighted by Crippen LogP contribution is -2.46. The van der Waals surface area contributed by atoms with E-state index in [0.29, 0.717) is 18.7 Å². The van der Waals surface area contributed by atoms with E-state index >= 15 is 0 Å². The molecule has 1 amide bonds. The Kier molecular flexibility index (Phi) is 6.30. The molecule has 0 bridgehead atoms. The highest BCUT2D eigenvalue weighted by Gasteiger charge is 2.21. The first-order valence-electron chi connectivity index (χ1n) is 11.2. The first-order valence-corrected chi connectivity index (χ1v) is 11.2. The Morgan fingerprint density at radius 2 is 1.85 bits per heavy atom. The Balaban J connectivity index is 1.20. The smallest absolute Gasteiger partial charge is 0.335 e. The van der Waals surface area contributed by atoms with Gasteiger partial charge in [0.05, 0.1) is 23.7 Å². The fourth-order valence-electron chi connectivity index (χ4n) is 4.12. The molecule has 174 valence electrons. The van der Waals surface area contributed by atoms with Crippen molar-refractivity contribution in [2.45, 2.75) is 13.1 Å². The number of aromatic nitrogens is 4. The quantitative estimate of drug-likeness (QED) is 0.443. The molecular formula is C24H25N7O3. The molecule has 4 heterocycles. The van der Waals surface area contributed by atoms with Gasteiger partial charge in [0.1, 0.15) is 18.4 Å². The van der Waals surface area contributed by atoms with Crippen molar-refractivity contribution in [2.24, 2.45) is 0 Å². The Hall–Kier alpha value is -4.05. The van der Waals surface area contributed by atoms with E-state index in [1.54, 1.807) is 17.2 Å². The number of nitrogens with one attached hydrogen (secondary N) is 1. The van der Waals surface area contributed by atoms with Crippen LogP contribution >= 0.6 is 0 Å². The third kappa shape index (κ3) is 4.81. The summed E-state index contributed by atoms with van der Waals surface area (Å²) in [7, 11) is 0. The van der Waals surface area contributed by atoms with Gasteiger partial charge in [-0.15, -0.1) is 0 Å². The minimum atomic E-state index is -0.493. The normalized spacial score (nSPS) is 14.4. The number of carbonyl (C=O) groups is 1. The molecule has 10 heteroatoms. The molecule has 1 aliphatic rings. The van der Waals surface area contributed by atoms with Crippen LogP contribution in [-0.4, -0.2) is 63.3 Å². The summed E-state index contributed by atoms with van der Waals surface area (Å²) in [5, 5.41) is 8.17. The molecular weight excluding hydrogens is 434 g/mol. The standard InChI is InChI=1S/C24H25N7O3/c32-21-7-6-19(16-34-21)24(33)25-8-9-31-23-20(14-28-31)22(26-17-27-23)30-12-10-29(11-13-30)15-18-4-2-1-3-5-18/h1-7,14,16-17H,8-13,15H2,(H,25,33). The third-order valence-electron chi connectivity index (χ3n) is 5.91. The molecule has 0 saturated carbocycles. The second kappa shape index (κ2) is 9.84. The van der Waals surface area contributed by atoms with E-state index in [2.05, 4.69) is 54.4 Å². The van der Waals surface area contributed by atoms with E-state index in [-0.39, 0.29) is 5.91 Å². The first kappa shape index (κ1) is 21.8. The SMILES string of the molecule is O=C(NCCn1ncc2c(N3CCN(Cc4ccccc4)CC3)ncnc21)c1ccc(=O)oc1. The molecule has 1 fully saturated rings. The van der Waals surface area contributed by atoms with E-state index in [1.807, 2.05) is 6.07 Å². The summed E-state index contributed by atoms with van der Waals surface area (Å²) in [5.41, 5.74) is 1.86. The molecule has 0 atom stereocenters. The van der Waals surface area contributed by atoms with E-state index < -0.39 is 5.63 Å². The van der Waals surface area contributed by atoms with Crippen LogP contribution in [0.3, 0.4) is 0 Å². The fraction of sp³-hybridized carbons (Fsp3) is 0.292. The number of amides is 1. The van der Waals surface area contributed by atoms with Gasteiger partial charge < -0.3 is 14.6 Å². The predicted molar refractivity (Wildman–Crippen MR) is 127 cm³/mol. The summed E-state index contributed by atoms with van der Waals surface area (Å²) in [6.45, 7) is 5.44. The van der Waals surface area contributed by atoms with E-state index in [0.717, 1.165) is 55.8 Å². The summed E-state index contributed by atoms with van der Waals surface area (Å²) >= 11 is 0. The number of anilines is 1. The van der Waals surface area contributed by atoms with Gasteiger partial charge in [-0.2, -0.15) is 5.10 Å². The molecule has 0 aliphatic carbocycles. The number of hydrogen-bond acceptors (Lipinski definition) is 8. The van der Waals surface area contributed by atoms with Crippen LogP contribution in [0.25, 0.3) is 11.0 Å². The zero-order valence-electron chi connectivity index (χ0n) is 18.6. The number of fused-ring (bicyclic) bond motifs is 1. The molecule has 34 heavy (non-hydrogen) atoms. The van der Waals surface area contributed by atoms with Crippen LogP contribution in [0.4, 0.5) is 5.82 Å². The summed E-state index contributed by atoms with van der Waals surface area (Å²) in [6.07, 6.45) is 4.51. The van der Waals surface area contributed by atoms with Crippen LogP contribution in [0.15, 0.2) is 70.5 Å². The minimum Gasteiger partial charge on any atom is -0.430 e.